The summed E-state index contributed by atoms with van der Waals surface area (Å²) in [5.41, 5.74) is 3.44. The van der Waals surface area contributed by atoms with Gasteiger partial charge in [-0.2, -0.15) is 5.10 Å². The van der Waals surface area contributed by atoms with E-state index in [4.69, 9.17) is 0 Å². The summed E-state index contributed by atoms with van der Waals surface area (Å²) in [7, 11) is 0. The Labute approximate surface area is 135 Å². The molecule has 23 heavy (non-hydrogen) atoms. The van der Waals surface area contributed by atoms with Gasteiger partial charge in [0.15, 0.2) is 0 Å². The molecule has 2 aromatic carbocycles. The number of hydrogen-bond donors (Lipinski definition) is 1. The lowest BCUT2D eigenvalue weighted by Gasteiger charge is -2.15. The topological polar surface area (TPSA) is 46.9 Å². The fourth-order valence-corrected chi connectivity index (χ4v) is 2.51. The van der Waals surface area contributed by atoms with Gasteiger partial charge in [-0.05, 0) is 29.7 Å². The lowest BCUT2D eigenvalue weighted by atomic mass is 10.0. The Kier molecular flexibility index (Phi) is 4.52. The predicted molar refractivity (Wildman–Crippen MR) is 90.7 cm³/mol. The molecule has 0 aliphatic carbocycles. The van der Waals surface area contributed by atoms with Crippen LogP contribution in [0.1, 0.15) is 18.5 Å². The van der Waals surface area contributed by atoms with E-state index < -0.39 is 0 Å². The first-order chi connectivity index (χ1) is 11.2. The quantitative estimate of drug-likeness (QED) is 0.785. The van der Waals surface area contributed by atoms with Crippen LogP contribution in [0.5, 0.6) is 0 Å². The smallest absolute Gasteiger partial charge is 0.242 e. The minimum Gasteiger partial charge on any atom is -0.348 e. The first-order valence-corrected chi connectivity index (χ1v) is 7.64. The van der Waals surface area contributed by atoms with Crippen molar-refractivity contribution in [3.05, 3.63) is 78.6 Å². The SMILES string of the molecule is C[C@@H](NC(=O)Cn1cccn1)c1ccc(-c2ccccc2)cc1. The Morgan fingerprint density at radius 3 is 2.39 bits per heavy atom. The monoisotopic (exact) mass is 305 g/mol. The number of amides is 1. The molecule has 116 valence electrons. The molecule has 0 aliphatic rings. The summed E-state index contributed by atoms with van der Waals surface area (Å²) in [6.45, 7) is 2.22. The van der Waals surface area contributed by atoms with Gasteiger partial charge in [-0.15, -0.1) is 0 Å². The van der Waals surface area contributed by atoms with E-state index in [1.165, 1.54) is 11.1 Å². The molecule has 0 fully saturated rings. The third-order valence-corrected chi connectivity index (χ3v) is 3.76. The summed E-state index contributed by atoms with van der Waals surface area (Å²) in [5.74, 6) is -0.0478. The van der Waals surface area contributed by atoms with Gasteiger partial charge >= 0.3 is 0 Å². The highest BCUT2D eigenvalue weighted by atomic mass is 16.2. The molecule has 1 N–H and O–H groups in total. The molecule has 0 spiro atoms. The molecular weight excluding hydrogens is 286 g/mol. The summed E-state index contributed by atoms with van der Waals surface area (Å²) in [5, 5.41) is 7.03. The van der Waals surface area contributed by atoms with E-state index in [-0.39, 0.29) is 18.5 Å². The third kappa shape index (κ3) is 3.86. The Morgan fingerprint density at radius 2 is 1.74 bits per heavy atom. The van der Waals surface area contributed by atoms with Crippen LogP contribution >= 0.6 is 0 Å². The van der Waals surface area contributed by atoms with Gasteiger partial charge in [-0.25, -0.2) is 0 Å². The van der Waals surface area contributed by atoms with E-state index in [9.17, 15) is 4.79 Å². The van der Waals surface area contributed by atoms with Crippen molar-refractivity contribution in [3.63, 3.8) is 0 Å². The van der Waals surface area contributed by atoms with Crippen molar-refractivity contribution in [2.24, 2.45) is 0 Å². The van der Waals surface area contributed by atoms with Gasteiger partial charge in [0, 0.05) is 12.4 Å². The van der Waals surface area contributed by atoms with Crippen LogP contribution in [-0.4, -0.2) is 15.7 Å². The lowest BCUT2D eigenvalue weighted by Crippen LogP contribution is -2.30. The maximum atomic E-state index is 12.0. The highest BCUT2D eigenvalue weighted by Gasteiger charge is 2.10. The standard InChI is InChI=1S/C19H19N3O/c1-15(21-19(23)14-22-13-5-12-20-22)16-8-10-18(11-9-16)17-6-3-2-4-7-17/h2-13,15H,14H2,1H3,(H,21,23)/t15-/m1/s1. The Bertz CT molecular complexity index is 749. The van der Waals surface area contributed by atoms with E-state index in [1.54, 1.807) is 23.1 Å². The molecule has 0 saturated heterocycles. The predicted octanol–water partition coefficient (Wildman–Crippen LogP) is 3.43. The van der Waals surface area contributed by atoms with Crippen LogP contribution in [0.15, 0.2) is 73.1 Å². The zero-order chi connectivity index (χ0) is 16.1. The zero-order valence-electron chi connectivity index (χ0n) is 13.0. The highest BCUT2D eigenvalue weighted by Crippen LogP contribution is 2.21. The van der Waals surface area contributed by atoms with Crippen LogP contribution in [0.25, 0.3) is 11.1 Å². The number of nitrogens with zero attached hydrogens (tertiary/aromatic N) is 2. The molecule has 4 heteroatoms. The molecule has 0 saturated carbocycles. The zero-order valence-corrected chi connectivity index (χ0v) is 13.0. The van der Waals surface area contributed by atoms with E-state index in [0.717, 1.165) is 5.56 Å². The molecule has 3 rings (SSSR count). The summed E-state index contributed by atoms with van der Waals surface area (Å²) >= 11 is 0. The highest BCUT2D eigenvalue weighted by molar-refractivity contribution is 5.76. The van der Waals surface area contributed by atoms with Crippen molar-refractivity contribution in [1.29, 1.82) is 0 Å². The maximum Gasteiger partial charge on any atom is 0.242 e. The molecule has 1 aromatic heterocycles. The average molecular weight is 305 g/mol. The second-order valence-electron chi connectivity index (χ2n) is 5.48. The summed E-state index contributed by atoms with van der Waals surface area (Å²) in [4.78, 5) is 12.0. The molecule has 4 nitrogen and oxygen atoms in total. The van der Waals surface area contributed by atoms with Crippen molar-refractivity contribution in [1.82, 2.24) is 15.1 Å². The van der Waals surface area contributed by atoms with Crippen LogP contribution < -0.4 is 5.32 Å². The largest absolute Gasteiger partial charge is 0.348 e. The molecule has 1 amide bonds. The van der Waals surface area contributed by atoms with Crippen molar-refractivity contribution in [2.75, 3.05) is 0 Å². The van der Waals surface area contributed by atoms with E-state index in [0.29, 0.717) is 0 Å². The van der Waals surface area contributed by atoms with Gasteiger partial charge in [-0.1, -0.05) is 54.6 Å². The van der Waals surface area contributed by atoms with Crippen LogP contribution in [0.2, 0.25) is 0 Å². The fourth-order valence-electron chi connectivity index (χ4n) is 2.51. The molecule has 0 radical (unpaired) electrons. The summed E-state index contributed by atoms with van der Waals surface area (Å²) in [6.07, 6.45) is 3.44. The van der Waals surface area contributed by atoms with Gasteiger partial charge in [-0.3, -0.25) is 9.48 Å². The Morgan fingerprint density at radius 1 is 1.04 bits per heavy atom. The van der Waals surface area contributed by atoms with Crippen LogP contribution in [0.4, 0.5) is 0 Å². The third-order valence-electron chi connectivity index (χ3n) is 3.76. The number of benzene rings is 2. The van der Waals surface area contributed by atoms with Crippen molar-refractivity contribution < 1.29 is 4.79 Å². The number of nitrogens with one attached hydrogen (secondary N) is 1. The number of rotatable bonds is 5. The molecule has 0 unspecified atom stereocenters. The van der Waals surface area contributed by atoms with Crippen molar-refractivity contribution in [2.45, 2.75) is 19.5 Å². The van der Waals surface area contributed by atoms with Crippen molar-refractivity contribution >= 4 is 5.91 Å². The van der Waals surface area contributed by atoms with Gasteiger partial charge < -0.3 is 5.32 Å². The first-order valence-electron chi connectivity index (χ1n) is 7.64. The molecule has 3 aromatic rings. The van der Waals surface area contributed by atoms with Gasteiger partial charge in [0.25, 0.3) is 0 Å². The van der Waals surface area contributed by atoms with Crippen molar-refractivity contribution in [3.8, 4) is 11.1 Å². The van der Waals surface area contributed by atoms with Gasteiger partial charge in [0.05, 0.1) is 6.04 Å². The second-order valence-corrected chi connectivity index (χ2v) is 5.48. The lowest BCUT2D eigenvalue weighted by molar-refractivity contribution is -0.122. The first kappa shape index (κ1) is 15.0. The number of hydrogen-bond acceptors (Lipinski definition) is 2. The summed E-state index contributed by atoms with van der Waals surface area (Å²) in [6, 6.07) is 20.3. The average Bonchev–Trinajstić information content (AvgIpc) is 3.08. The van der Waals surface area contributed by atoms with Gasteiger partial charge in [0.2, 0.25) is 5.91 Å². The molecule has 1 atom stereocenters. The normalized spacial score (nSPS) is 11.9. The number of carbonyl (C=O) groups excluding carboxylic acids is 1. The van der Waals surface area contributed by atoms with Crippen LogP contribution in [0.3, 0.4) is 0 Å². The molecule has 0 bridgehead atoms. The van der Waals surface area contributed by atoms with Crippen LogP contribution in [0, 0.1) is 0 Å². The van der Waals surface area contributed by atoms with E-state index in [1.807, 2.05) is 25.1 Å². The molecule has 0 aliphatic heterocycles. The number of aromatic nitrogens is 2. The van der Waals surface area contributed by atoms with E-state index in [2.05, 4.69) is 46.8 Å². The minimum atomic E-state index is -0.0478. The van der Waals surface area contributed by atoms with Gasteiger partial charge in [0.1, 0.15) is 6.54 Å². The number of carbonyl (C=O) groups is 1. The second kappa shape index (κ2) is 6.92. The maximum absolute atomic E-state index is 12.0. The summed E-state index contributed by atoms with van der Waals surface area (Å²) < 4.78 is 1.61. The fraction of sp³-hybridized carbons (Fsp3) is 0.158. The van der Waals surface area contributed by atoms with Crippen LogP contribution in [-0.2, 0) is 11.3 Å². The Balaban J connectivity index is 1.63. The van der Waals surface area contributed by atoms with E-state index >= 15 is 0 Å². The molecular formula is C19H19N3O. The minimum absolute atomic E-state index is 0.0390. The molecule has 1 heterocycles. The Hall–Kier alpha value is -2.88.